The minimum atomic E-state index is -0.240. The Morgan fingerprint density at radius 1 is 0.967 bits per heavy atom. The van der Waals surface area contributed by atoms with Gasteiger partial charge in [0.2, 0.25) is 5.75 Å². The molecule has 1 heterocycles. The second kappa shape index (κ2) is 10.7. The monoisotopic (exact) mass is 410 g/mol. The van der Waals surface area contributed by atoms with E-state index in [1.165, 1.54) is 11.1 Å². The van der Waals surface area contributed by atoms with Crippen LogP contribution in [0.1, 0.15) is 47.5 Å². The molecule has 0 radical (unpaired) electrons. The molecule has 0 saturated heterocycles. The van der Waals surface area contributed by atoms with Gasteiger partial charge in [-0.1, -0.05) is 22.8 Å². The fourth-order valence-corrected chi connectivity index (χ4v) is 3.02. The highest BCUT2D eigenvalue weighted by Crippen LogP contribution is 2.33. The summed E-state index contributed by atoms with van der Waals surface area (Å²) in [5, 5.41) is 0.799. The predicted molar refractivity (Wildman–Crippen MR) is 126 cm³/mol. The molecule has 0 unspecified atom stereocenters. The summed E-state index contributed by atoms with van der Waals surface area (Å²) in [6.45, 7) is 11.0. The second-order valence-electron chi connectivity index (χ2n) is 8.07. The molecule has 0 bridgehead atoms. The Bertz CT molecular complexity index is 1030. The summed E-state index contributed by atoms with van der Waals surface area (Å²) < 4.78 is 13.5. The second-order valence-corrected chi connectivity index (χ2v) is 8.07. The normalized spacial score (nSPS) is 11.3. The van der Waals surface area contributed by atoms with Gasteiger partial charge in [0.1, 0.15) is 13.2 Å². The van der Waals surface area contributed by atoms with E-state index in [-0.39, 0.29) is 11.3 Å². The third-order valence-electron chi connectivity index (χ3n) is 4.80. The molecular weight excluding hydrogens is 376 g/mol. The number of nitrogens with two attached hydrogens (primary N) is 1. The molecule has 0 aliphatic rings. The lowest BCUT2D eigenvalue weighted by molar-refractivity contribution is 0.305. The van der Waals surface area contributed by atoms with E-state index in [0.717, 1.165) is 23.8 Å². The van der Waals surface area contributed by atoms with Gasteiger partial charge < -0.3 is 19.8 Å². The van der Waals surface area contributed by atoms with Gasteiger partial charge >= 0.3 is 0 Å². The van der Waals surface area contributed by atoms with E-state index in [2.05, 4.69) is 26.8 Å². The zero-order valence-electron chi connectivity index (χ0n) is 19.0. The van der Waals surface area contributed by atoms with Gasteiger partial charge in [-0.15, -0.1) is 0 Å². The van der Waals surface area contributed by atoms with Crippen molar-refractivity contribution in [1.29, 1.82) is 0 Å². The van der Waals surface area contributed by atoms with Crippen LogP contribution in [-0.2, 0) is 7.05 Å². The molecule has 2 rings (SSSR count). The molecule has 0 fully saturated rings. The number of fused-ring (bicyclic) bond motifs is 1. The number of ether oxygens (including phenoxy) is 2. The van der Waals surface area contributed by atoms with Gasteiger partial charge in [-0.3, -0.25) is 4.79 Å². The highest BCUT2D eigenvalue weighted by atomic mass is 16.5. The first-order valence-electron chi connectivity index (χ1n) is 10.3. The Balaban J connectivity index is 2.36. The van der Waals surface area contributed by atoms with Crippen LogP contribution >= 0.6 is 0 Å². The SMILES string of the molecule is CC(C)=CCCC(C)=CCOc1c(OCC=C(C)C)c2ccc(N)cc2n(C)c1=O. The fraction of sp³-hybridized carbons (Fsp3) is 0.400. The number of aromatic nitrogens is 1. The topological polar surface area (TPSA) is 66.5 Å². The van der Waals surface area contributed by atoms with E-state index < -0.39 is 0 Å². The Labute approximate surface area is 179 Å². The first-order valence-corrected chi connectivity index (χ1v) is 10.3. The number of pyridine rings is 1. The van der Waals surface area contributed by atoms with Crippen molar-refractivity contribution in [2.45, 2.75) is 47.5 Å². The number of aryl methyl sites for hydroxylation is 1. The molecule has 30 heavy (non-hydrogen) atoms. The van der Waals surface area contributed by atoms with Crippen molar-refractivity contribution in [3.8, 4) is 11.5 Å². The lowest BCUT2D eigenvalue weighted by Gasteiger charge is -2.16. The molecule has 1 aromatic carbocycles. The van der Waals surface area contributed by atoms with Crippen molar-refractivity contribution in [2.24, 2.45) is 7.05 Å². The number of nitrogen functional groups attached to an aromatic ring is 1. The summed E-state index contributed by atoms with van der Waals surface area (Å²) in [7, 11) is 1.72. The van der Waals surface area contributed by atoms with E-state index in [4.69, 9.17) is 15.2 Å². The Morgan fingerprint density at radius 3 is 2.27 bits per heavy atom. The third-order valence-corrected chi connectivity index (χ3v) is 4.80. The molecule has 5 heteroatoms. The largest absolute Gasteiger partial charge is 0.485 e. The van der Waals surface area contributed by atoms with Crippen molar-refractivity contribution in [3.05, 3.63) is 63.5 Å². The van der Waals surface area contributed by atoms with Gasteiger partial charge in [0.15, 0.2) is 5.75 Å². The molecule has 0 saturated carbocycles. The van der Waals surface area contributed by atoms with Crippen LogP contribution in [0, 0.1) is 0 Å². The molecular formula is C25H34N2O3. The highest BCUT2D eigenvalue weighted by molar-refractivity contribution is 5.90. The lowest BCUT2D eigenvalue weighted by atomic mass is 10.1. The molecule has 0 amide bonds. The molecule has 2 N–H and O–H groups in total. The number of allylic oxidation sites excluding steroid dienone is 4. The number of anilines is 1. The molecule has 0 aliphatic carbocycles. The average molecular weight is 411 g/mol. The van der Waals surface area contributed by atoms with E-state index in [1.807, 2.05) is 32.1 Å². The molecule has 2 aromatic rings. The number of nitrogens with zero attached hydrogens (tertiary/aromatic N) is 1. The zero-order chi connectivity index (χ0) is 22.3. The van der Waals surface area contributed by atoms with E-state index in [9.17, 15) is 4.79 Å². The van der Waals surface area contributed by atoms with Crippen LogP contribution < -0.4 is 20.8 Å². The van der Waals surface area contributed by atoms with Crippen LogP contribution in [0.4, 0.5) is 5.69 Å². The molecule has 162 valence electrons. The minimum absolute atomic E-state index is 0.227. The van der Waals surface area contributed by atoms with Crippen molar-refractivity contribution in [2.75, 3.05) is 18.9 Å². The molecule has 0 aliphatic heterocycles. The van der Waals surface area contributed by atoms with Gasteiger partial charge in [0.25, 0.3) is 5.56 Å². The number of hydrogen-bond donors (Lipinski definition) is 1. The van der Waals surface area contributed by atoms with Crippen LogP contribution in [0.3, 0.4) is 0 Å². The van der Waals surface area contributed by atoms with Gasteiger partial charge in [-0.05, 0) is 77.8 Å². The van der Waals surface area contributed by atoms with Crippen LogP contribution in [0.15, 0.2) is 57.9 Å². The zero-order valence-corrected chi connectivity index (χ0v) is 19.0. The summed E-state index contributed by atoms with van der Waals surface area (Å²) in [6, 6.07) is 5.45. The maximum absolute atomic E-state index is 13.0. The maximum Gasteiger partial charge on any atom is 0.297 e. The smallest absolute Gasteiger partial charge is 0.297 e. The summed E-state index contributed by atoms with van der Waals surface area (Å²) in [5.74, 6) is 0.687. The summed E-state index contributed by atoms with van der Waals surface area (Å²) >= 11 is 0. The van der Waals surface area contributed by atoms with Crippen molar-refractivity contribution in [3.63, 3.8) is 0 Å². The highest BCUT2D eigenvalue weighted by Gasteiger charge is 2.18. The lowest BCUT2D eigenvalue weighted by Crippen LogP contribution is -2.21. The van der Waals surface area contributed by atoms with Gasteiger partial charge in [-0.2, -0.15) is 0 Å². The first-order chi connectivity index (χ1) is 14.2. The predicted octanol–water partition coefficient (Wildman–Crippen LogP) is 5.54. The van der Waals surface area contributed by atoms with Gasteiger partial charge in [0, 0.05) is 18.1 Å². The quantitative estimate of drug-likeness (QED) is 0.435. The van der Waals surface area contributed by atoms with Crippen molar-refractivity contribution >= 4 is 16.6 Å². The summed E-state index contributed by atoms with van der Waals surface area (Å²) in [5.41, 5.74) is 10.7. The van der Waals surface area contributed by atoms with E-state index in [0.29, 0.717) is 30.2 Å². The third kappa shape index (κ3) is 6.28. The minimum Gasteiger partial charge on any atom is -0.485 e. The van der Waals surface area contributed by atoms with Crippen LogP contribution in [-0.4, -0.2) is 17.8 Å². The first kappa shape index (κ1) is 23.3. The average Bonchev–Trinajstić information content (AvgIpc) is 2.67. The summed E-state index contributed by atoms with van der Waals surface area (Å²) in [4.78, 5) is 13.0. The van der Waals surface area contributed by atoms with Crippen LogP contribution in [0.5, 0.6) is 11.5 Å². The van der Waals surface area contributed by atoms with Gasteiger partial charge in [0.05, 0.1) is 5.52 Å². The number of benzene rings is 1. The summed E-state index contributed by atoms with van der Waals surface area (Å²) in [6.07, 6.45) is 8.18. The molecule has 0 atom stereocenters. The maximum atomic E-state index is 13.0. The van der Waals surface area contributed by atoms with Gasteiger partial charge in [-0.25, -0.2) is 0 Å². The fourth-order valence-electron chi connectivity index (χ4n) is 3.02. The Kier molecular flexibility index (Phi) is 8.34. The van der Waals surface area contributed by atoms with Crippen LogP contribution in [0.2, 0.25) is 0 Å². The molecule has 1 aromatic heterocycles. The van der Waals surface area contributed by atoms with E-state index >= 15 is 0 Å². The van der Waals surface area contributed by atoms with E-state index in [1.54, 1.807) is 23.7 Å². The van der Waals surface area contributed by atoms with Crippen molar-refractivity contribution in [1.82, 2.24) is 4.57 Å². The molecule has 0 spiro atoms. The Morgan fingerprint density at radius 2 is 1.60 bits per heavy atom. The molecule has 5 nitrogen and oxygen atoms in total. The Hall–Kier alpha value is -2.95. The number of rotatable bonds is 9. The van der Waals surface area contributed by atoms with Crippen molar-refractivity contribution < 1.29 is 9.47 Å². The number of hydrogen-bond acceptors (Lipinski definition) is 4. The standard InChI is InChI=1S/C25H34N2O3/c1-17(2)8-7-9-19(5)13-15-30-24-23(29-14-12-18(3)4)21-11-10-20(26)16-22(21)27(6)25(24)28/h8,10-13,16H,7,9,14-15,26H2,1-6H3. The van der Waals surface area contributed by atoms with Crippen LogP contribution in [0.25, 0.3) is 10.9 Å².